The van der Waals surface area contributed by atoms with Crippen LogP contribution in [0.1, 0.15) is 5.69 Å². The zero-order valence-corrected chi connectivity index (χ0v) is 17.0. The van der Waals surface area contributed by atoms with Crippen LogP contribution in [0.4, 0.5) is 10.5 Å². The van der Waals surface area contributed by atoms with Gasteiger partial charge in [-0.3, -0.25) is 4.98 Å². The first-order chi connectivity index (χ1) is 15.1. The van der Waals surface area contributed by atoms with Crippen LogP contribution in [-0.2, 0) is 0 Å². The van der Waals surface area contributed by atoms with Gasteiger partial charge in [-0.05, 0) is 24.3 Å². The molecule has 3 rings (SSSR count). The van der Waals surface area contributed by atoms with Crippen LogP contribution in [0.25, 0.3) is 0 Å². The molecule has 3 aromatic rings. The molecule has 0 atom stereocenters. The van der Waals surface area contributed by atoms with Crippen molar-refractivity contribution in [1.82, 2.24) is 20.4 Å². The van der Waals surface area contributed by atoms with Gasteiger partial charge in [-0.1, -0.05) is 12.1 Å². The van der Waals surface area contributed by atoms with E-state index < -0.39 is 6.03 Å². The van der Waals surface area contributed by atoms with Gasteiger partial charge in [0.2, 0.25) is 11.8 Å². The van der Waals surface area contributed by atoms with Crippen molar-refractivity contribution in [2.75, 3.05) is 26.6 Å². The molecule has 0 saturated heterocycles. The van der Waals surface area contributed by atoms with Gasteiger partial charge in [0.15, 0.2) is 5.75 Å². The van der Waals surface area contributed by atoms with Gasteiger partial charge in [0.05, 0.1) is 39.3 Å². The fourth-order valence-electron chi connectivity index (χ4n) is 2.37. The number of nitrogens with one attached hydrogen (secondary N) is 2. The number of carbonyl (C=O) groups excluding carboxylic acids is 1. The number of urea groups is 1. The highest BCUT2D eigenvalue weighted by atomic mass is 16.5. The number of rotatable bonds is 8. The van der Waals surface area contributed by atoms with Gasteiger partial charge in [0.25, 0.3) is 0 Å². The fraction of sp³-hybridized carbons (Fsp3) is 0.150. The van der Waals surface area contributed by atoms with Gasteiger partial charge in [-0.15, -0.1) is 0 Å². The summed E-state index contributed by atoms with van der Waals surface area (Å²) in [5.74, 6) is 1.38. The summed E-state index contributed by atoms with van der Waals surface area (Å²) in [5.41, 5.74) is 3.20. The van der Waals surface area contributed by atoms with E-state index >= 15 is 0 Å². The van der Waals surface area contributed by atoms with Crippen molar-refractivity contribution in [3.63, 3.8) is 0 Å². The molecule has 2 aromatic heterocycles. The van der Waals surface area contributed by atoms with Gasteiger partial charge in [-0.2, -0.15) is 15.1 Å². The van der Waals surface area contributed by atoms with Crippen LogP contribution in [-0.4, -0.2) is 48.5 Å². The summed E-state index contributed by atoms with van der Waals surface area (Å²) in [5, 5.41) is 6.54. The van der Waals surface area contributed by atoms with Crippen molar-refractivity contribution in [1.29, 1.82) is 0 Å². The van der Waals surface area contributed by atoms with Gasteiger partial charge in [-0.25, -0.2) is 10.2 Å². The standard InChI is InChI=1S/C20H20N6O5/c1-28-15-8-5-4-7-13(15)23-19(27)26-22-12-14-16(9-6-10-21-14)31-20-24-17(29-2)11-18(25-20)30-3/h4-12H,1-3H3,(H2,23,26,27)/b22-12+. The lowest BCUT2D eigenvalue weighted by Gasteiger charge is -2.09. The van der Waals surface area contributed by atoms with Crippen LogP contribution in [0, 0.1) is 0 Å². The van der Waals surface area contributed by atoms with Crippen molar-refractivity contribution in [2.24, 2.45) is 5.10 Å². The largest absolute Gasteiger partial charge is 0.495 e. The highest BCUT2D eigenvalue weighted by Gasteiger charge is 2.11. The number of pyridine rings is 1. The third-order valence-corrected chi connectivity index (χ3v) is 3.79. The number of ether oxygens (including phenoxy) is 4. The molecule has 11 heteroatoms. The van der Waals surface area contributed by atoms with E-state index in [4.69, 9.17) is 18.9 Å². The lowest BCUT2D eigenvalue weighted by atomic mass is 10.3. The maximum atomic E-state index is 12.1. The number of anilines is 1. The average molecular weight is 424 g/mol. The molecule has 2 amide bonds. The number of hydrogen-bond acceptors (Lipinski definition) is 9. The van der Waals surface area contributed by atoms with Crippen molar-refractivity contribution in [2.45, 2.75) is 0 Å². The highest BCUT2D eigenvalue weighted by molar-refractivity contribution is 5.91. The van der Waals surface area contributed by atoms with E-state index in [9.17, 15) is 4.79 Å². The number of benzene rings is 1. The highest BCUT2D eigenvalue weighted by Crippen LogP contribution is 2.25. The SMILES string of the molecule is COc1cc(OC)nc(Oc2cccnc2/C=N/NC(=O)Nc2ccccc2OC)n1. The third kappa shape index (κ3) is 5.79. The zero-order valence-electron chi connectivity index (χ0n) is 17.0. The maximum Gasteiger partial charge on any atom is 0.339 e. The number of hydrogen-bond donors (Lipinski definition) is 2. The number of amides is 2. The Morgan fingerprint density at radius 3 is 2.39 bits per heavy atom. The first-order valence-electron chi connectivity index (χ1n) is 8.96. The Hall–Kier alpha value is -4.41. The Labute approximate surface area is 178 Å². The number of para-hydroxylation sites is 2. The second-order valence-corrected chi connectivity index (χ2v) is 5.75. The number of nitrogens with zero attached hydrogens (tertiary/aromatic N) is 4. The molecule has 2 heterocycles. The average Bonchev–Trinajstić information content (AvgIpc) is 2.80. The minimum Gasteiger partial charge on any atom is -0.495 e. The van der Waals surface area contributed by atoms with Gasteiger partial charge >= 0.3 is 12.0 Å². The molecule has 11 nitrogen and oxygen atoms in total. The van der Waals surface area contributed by atoms with E-state index in [1.165, 1.54) is 33.6 Å². The van der Waals surface area contributed by atoms with Crippen molar-refractivity contribution in [3.05, 3.63) is 54.4 Å². The smallest absolute Gasteiger partial charge is 0.339 e. The van der Waals surface area contributed by atoms with E-state index in [1.807, 2.05) is 0 Å². The Morgan fingerprint density at radius 1 is 0.968 bits per heavy atom. The summed E-state index contributed by atoms with van der Waals surface area (Å²) in [4.78, 5) is 24.5. The minimum absolute atomic E-state index is 0.000671. The monoisotopic (exact) mass is 424 g/mol. The predicted molar refractivity (Wildman–Crippen MR) is 112 cm³/mol. The minimum atomic E-state index is -0.556. The van der Waals surface area contributed by atoms with E-state index in [1.54, 1.807) is 42.6 Å². The summed E-state index contributed by atoms with van der Waals surface area (Å²) < 4.78 is 21.1. The van der Waals surface area contributed by atoms with Crippen LogP contribution >= 0.6 is 0 Å². The van der Waals surface area contributed by atoms with Crippen LogP contribution < -0.4 is 29.7 Å². The third-order valence-electron chi connectivity index (χ3n) is 3.79. The van der Waals surface area contributed by atoms with Gasteiger partial charge < -0.3 is 24.3 Å². The fourth-order valence-corrected chi connectivity index (χ4v) is 2.37. The van der Waals surface area contributed by atoms with E-state index in [0.29, 0.717) is 22.9 Å². The molecule has 160 valence electrons. The second-order valence-electron chi connectivity index (χ2n) is 5.75. The Kier molecular flexibility index (Phi) is 7.14. The number of carbonyl (C=O) groups is 1. The van der Waals surface area contributed by atoms with Crippen molar-refractivity contribution in [3.8, 4) is 29.3 Å². The molecular weight excluding hydrogens is 404 g/mol. The number of aromatic nitrogens is 3. The van der Waals surface area contributed by atoms with Crippen molar-refractivity contribution < 1.29 is 23.7 Å². The van der Waals surface area contributed by atoms with E-state index in [-0.39, 0.29) is 17.8 Å². The molecule has 0 fully saturated rings. The first kappa shape index (κ1) is 21.3. The molecule has 0 aliphatic heterocycles. The molecule has 0 aliphatic carbocycles. The molecule has 0 radical (unpaired) electrons. The van der Waals surface area contributed by atoms with Crippen LogP contribution in [0.2, 0.25) is 0 Å². The Morgan fingerprint density at radius 2 is 1.68 bits per heavy atom. The maximum absolute atomic E-state index is 12.1. The lowest BCUT2D eigenvalue weighted by molar-refractivity contribution is 0.252. The predicted octanol–water partition coefficient (Wildman–Crippen LogP) is 2.85. The van der Waals surface area contributed by atoms with Crippen LogP contribution in [0.15, 0.2) is 53.8 Å². The molecule has 31 heavy (non-hydrogen) atoms. The molecule has 2 N–H and O–H groups in total. The molecule has 1 aromatic carbocycles. The normalized spacial score (nSPS) is 10.4. The molecule has 0 spiro atoms. The zero-order chi connectivity index (χ0) is 22.1. The molecule has 0 bridgehead atoms. The molecule has 0 aliphatic rings. The van der Waals surface area contributed by atoms with Crippen LogP contribution in [0.3, 0.4) is 0 Å². The topological polar surface area (TPSA) is 129 Å². The quantitative estimate of drug-likeness (QED) is 0.417. The second kappa shape index (κ2) is 10.4. The van der Waals surface area contributed by atoms with Gasteiger partial charge in [0, 0.05) is 6.20 Å². The molecular formula is C20H20N6O5. The summed E-state index contributed by atoms with van der Waals surface area (Å²) in [6, 6.07) is 11.3. The summed E-state index contributed by atoms with van der Waals surface area (Å²) in [6.07, 6.45) is 2.88. The summed E-state index contributed by atoms with van der Waals surface area (Å²) in [7, 11) is 4.45. The summed E-state index contributed by atoms with van der Waals surface area (Å²) >= 11 is 0. The first-order valence-corrected chi connectivity index (χ1v) is 8.96. The lowest BCUT2D eigenvalue weighted by Crippen LogP contribution is -2.24. The van der Waals surface area contributed by atoms with E-state index in [2.05, 4.69) is 30.8 Å². The molecule has 0 saturated carbocycles. The van der Waals surface area contributed by atoms with Crippen LogP contribution in [0.5, 0.6) is 29.3 Å². The number of hydrazone groups is 1. The van der Waals surface area contributed by atoms with Crippen molar-refractivity contribution >= 4 is 17.9 Å². The Balaban J connectivity index is 1.69. The van der Waals surface area contributed by atoms with Gasteiger partial charge in [0.1, 0.15) is 11.4 Å². The number of methoxy groups -OCH3 is 3. The summed E-state index contributed by atoms with van der Waals surface area (Å²) in [6.45, 7) is 0. The Bertz CT molecular complexity index is 1050. The molecule has 0 unspecified atom stereocenters. The van der Waals surface area contributed by atoms with E-state index in [0.717, 1.165) is 0 Å².